The van der Waals surface area contributed by atoms with Crippen molar-refractivity contribution in [1.82, 2.24) is 14.0 Å². The fraction of sp³-hybridized carbons (Fsp3) is 0. The molecule has 0 aliphatic heterocycles. The average molecular weight is 768 g/mol. The van der Waals surface area contributed by atoms with Crippen molar-refractivity contribution < 1.29 is 0 Å². The lowest BCUT2D eigenvalue weighted by Gasteiger charge is -2.11. The van der Waals surface area contributed by atoms with Gasteiger partial charge in [0.05, 0.1) is 32.5 Å². The van der Waals surface area contributed by atoms with Crippen LogP contribution in [0.4, 0.5) is 0 Å². The van der Waals surface area contributed by atoms with Gasteiger partial charge in [0.25, 0.3) is 0 Å². The smallest absolute Gasteiger partial charge is 0.156 e. The lowest BCUT2D eigenvalue weighted by molar-refractivity contribution is 1.18. The number of pyridine rings is 1. The molecule has 0 fully saturated rings. The van der Waals surface area contributed by atoms with E-state index in [0.29, 0.717) is 0 Å². The molecule has 4 heterocycles. The summed E-state index contributed by atoms with van der Waals surface area (Å²) in [6.07, 6.45) is 0. The Labute approximate surface area is 343 Å². The van der Waals surface area contributed by atoms with E-state index in [9.17, 15) is 0 Å². The van der Waals surface area contributed by atoms with Crippen molar-refractivity contribution in [1.29, 1.82) is 0 Å². The number of imidazole rings is 1. The molecule has 4 aromatic heterocycles. The van der Waals surface area contributed by atoms with Gasteiger partial charge in [-0.15, -0.1) is 11.3 Å². The van der Waals surface area contributed by atoms with E-state index in [1.165, 1.54) is 91.5 Å². The molecule has 0 unspecified atom stereocenters. The Bertz CT molecular complexity index is 3810. The first-order valence-electron chi connectivity index (χ1n) is 20.1. The number of benzene rings is 9. The minimum absolute atomic E-state index is 1.01. The summed E-state index contributed by atoms with van der Waals surface area (Å²) in [5, 5.41) is 9.99. The van der Waals surface area contributed by atoms with Gasteiger partial charge in [0.15, 0.2) is 5.65 Å². The minimum atomic E-state index is 1.01. The molecule has 4 heteroatoms. The van der Waals surface area contributed by atoms with Crippen LogP contribution in [0.15, 0.2) is 200 Å². The molecule has 13 aromatic rings. The Morgan fingerprint density at radius 2 is 0.932 bits per heavy atom. The highest BCUT2D eigenvalue weighted by atomic mass is 32.1. The maximum Gasteiger partial charge on any atom is 0.156 e. The number of para-hydroxylation sites is 2. The lowest BCUT2D eigenvalue weighted by atomic mass is 9.98. The molecule has 0 bridgehead atoms. The summed E-state index contributed by atoms with van der Waals surface area (Å²) < 4.78 is 7.29. The average Bonchev–Trinajstić information content (AvgIpc) is 3.99. The van der Waals surface area contributed by atoms with Crippen LogP contribution >= 0.6 is 11.3 Å². The molecule has 59 heavy (non-hydrogen) atoms. The van der Waals surface area contributed by atoms with Crippen LogP contribution in [0.25, 0.3) is 119 Å². The number of nitrogens with zero attached hydrogens (tertiary/aromatic N) is 3. The molecule has 0 saturated carbocycles. The van der Waals surface area contributed by atoms with Crippen LogP contribution in [0.2, 0.25) is 0 Å². The predicted octanol–water partition coefficient (Wildman–Crippen LogP) is 15.3. The standard InChI is InChI=1S/C55H33N3S/c1-2-12-41(13-3-1)57-48-17-9-8-16-44(48)46-32-40(28-30-49(46)57)36-20-18-34(19-21-36)35-22-24-39(25-23-35)51-33-47-45-29-26-38-11-5-7-15-43(38)53(45)59-54(47)55-56-52-42-14-6-4-10-37(42)27-31-50(52)58(51)55/h1-33H. The van der Waals surface area contributed by atoms with E-state index in [1.54, 1.807) is 0 Å². The van der Waals surface area contributed by atoms with Crippen molar-refractivity contribution in [3.8, 4) is 39.2 Å². The first-order chi connectivity index (χ1) is 29.2. The van der Waals surface area contributed by atoms with Gasteiger partial charge in [0.1, 0.15) is 0 Å². The Hall–Kier alpha value is -7.53. The number of thiophene rings is 1. The number of fused-ring (bicyclic) bond motifs is 14. The van der Waals surface area contributed by atoms with Gasteiger partial charge in [-0.25, -0.2) is 4.98 Å². The Kier molecular flexibility index (Phi) is 6.89. The Morgan fingerprint density at radius 3 is 1.71 bits per heavy atom. The monoisotopic (exact) mass is 767 g/mol. The zero-order valence-electron chi connectivity index (χ0n) is 31.8. The Morgan fingerprint density at radius 1 is 0.356 bits per heavy atom. The summed E-state index contributed by atoms with van der Waals surface area (Å²) in [4.78, 5) is 5.45. The fourth-order valence-corrected chi connectivity index (χ4v) is 10.8. The SMILES string of the molecule is c1ccc(-n2c3ccccc3c3cc(-c4ccc(-c5ccc(-c6cc7c8ccc9ccccc9c8sc7c7nc8c9ccccc9ccc8n67)cc5)cc4)ccc32)cc1. The van der Waals surface area contributed by atoms with E-state index in [-0.39, 0.29) is 0 Å². The van der Waals surface area contributed by atoms with Gasteiger partial charge in [0, 0.05) is 37.3 Å². The highest BCUT2D eigenvalue weighted by molar-refractivity contribution is 7.27. The summed E-state index contributed by atoms with van der Waals surface area (Å²) in [7, 11) is 0. The highest BCUT2D eigenvalue weighted by Gasteiger charge is 2.20. The molecule has 0 amide bonds. The predicted molar refractivity (Wildman–Crippen MR) is 251 cm³/mol. The molecule has 0 saturated heterocycles. The van der Waals surface area contributed by atoms with Crippen LogP contribution in [0.1, 0.15) is 0 Å². The summed E-state index contributed by atoms with van der Waals surface area (Å²) in [6.45, 7) is 0. The molecule has 3 nitrogen and oxygen atoms in total. The summed E-state index contributed by atoms with van der Waals surface area (Å²) in [5.74, 6) is 0. The molecule has 0 radical (unpaired) electrons. The van der Waals surface area contributed by atoms with Crippen LogP contribution in [0.3, 0.4) is 0 Å². The molecule has 13 rings (SSSR count). The molecular weight excluding hydrogens is 735 g/mol. The summed E-state index contributed by atoms with van der Waals surface area (Å²) in [5.41, 5.74) is 13.9. The van der Waals surface area contributed by atoms with Gasteiger partial charge < -0.3 is 4.57 Å². The van der Waals surface area contributed by atoms with E-state index in [4.69, 9.17) is 4.98 Å². The molecule has 0 aliphatic carbocycles. The maximum atomic E-state index is 5.45. The molecule has 0 aliphatic rings. The van der Waals surface area contributed by atoms with Crippen LogP contribution in [-0.4, -0.2) is 14.0 Å². The van der Waals surface area contributed by atoms with Gasteiger partial charge in [-0.05, 0) is 86.4 Å². The van der Waals surface area contributed by atoms with Crippen LogP contribution in [0, 0.1) is 0 Å². The van der Waals surface area contributed by atoms with Crippen LogP contribution < -0.4 is 0 Å². The third kappa shape index (κ3) is 4.84. The second-order valence-electron chi connectivity index (χ2n) is 15.5. The number of hydrogen-bond donors (Lipinski definition) is 0. The quantitative estimate of drug-likeness (QED) is 0.175. The van der Waals surface area contributed by atoms with Gasteiger partial charge in [-0.2, -0.15) is 0 Å². The van der Waals surface area contributed by atoms with E-state index in [2.05, 4.69) is 209 Å². The van der Waals surface area contributed by atoms with Crippen molar-refractivity contribution in [3.05, 3.63) is 200 Å². The van der Waals surface area contributed by atoms with Crippen molar-refractivity contribution in [2.75, 3.05) is 0 Å². The van der Waals surface area contributed by atoms with Gasteiger partial charge in [-0.1, -0.05) is 158 Å². The second kappa shape index (κ2) is 12.5. The first-order valence-corrected chi connectivity index (χ1v) is 20.9. The molecule has 0 N–H and O–H groups in total. The summed E-state index contributed by atoms with van der Waals surface area (Å²) >= 11 is 1.86. The zero-order chi connectivity index (χ0) is 38.6. The lowest BCUT2D eigenvalue weighted by Crippen LogP contribution is -1.93. The number of hydrogen-bond acceptors (Lipinski definition) is 2. The molecule has 9 aromatic carbocycles. The summed E-state index contributed by atoms with van der Waals surface area (Å²) in [6, 6.07) is 73.0. The van der Waals surface area contributed by atoms with Crippen molar-refractivity contribution in [2.24, 2.45) is 0 Å². The molecule has 0 spiro atoms. The van der Waals surface area contributed by atoms with E-state index in [0.717, 1.165) is 27.9 Å². The zero-order valence-corrected chi connectivity index (χ0v) is 32.6. The third-order valence-electron chi connectivity index (χ3n) is 12.3. The van der Waals surface area contributed by atoms with Gasteiger partial charge in [0.2, 0.25) is 0 Å². The molecule has 274 valence electrons. The third-order valence-corrected chi connectivity index (χ3v) is 13.6. The highest BCUT2D eigenvalue weighted by Crippen LogP contribution is 2.44. The van der Waals surface area contributed by atoms with Gasteiger partial charge in [-0.3, -0.25) is 4.40 Å². The number of rotatable bonds is 4. The van der Waals surface area contributed by atoms with E-state index >= 15 is 0 Å². The second-order valence-corrected chi connectivity index (χ2v) is 16.6. The van der Waals surface area contributed by atoms with E-state index in [1.807, 2.05) is 11.3 Å². The first kappa shape index (κ1) is 32.5. The van der Waals surface area contributed by atoms with Crippen molar-refractivity contribution >= 4 is 91.5 Å². The topological polar surface area (TPSA) is 22.2 Å². The van der Waals surface area contributed by atoms with E-state index < -0.39 is 0 Å². The molecular formula is C55H33N3S. The number of aromatic nitrogens is 3. The molecule has 0 atom stereocenters. The van der Waals surface area contributed by atoms with Crippen molar-refractivity contribution in [3.63, 3.8) is 0 Å². The Balaban J connectivity index is 0.917. The fourth-order valence-electron chi connectivity index (χ4n) is 9.47. The largest absolute Gasteiger partial charge is 0.309 e. The van der Waals surface area contributed by atoms with Crippen LogP contribution in [0.5, 0.6) is 0 Å². The van der Waals surface area contributed by atoms with Gasteiger partial charge >= 0.3 is 0 Å². The van der Waals surface area contributed by atoms with Crippen LogP contribution in [-0.2, 0) is 0 Å². The normalized spacial score (nSPS) is 12.1. The maximum absolute atomic E-state index is 5.45. The minimum Gasteiger partial charge on any atom is -0.309 e. The van der Waals surface area contributed by atoms with Crippen molar-refractivity contribution in [2.45, 2.75) is 0 Å².